The third kappa shape index (κ3) is 4.26. The van der Waals surface area contributed by atoms with Gasteiger partial charge < -0.3 is 15.0 Å². The van der Waals surface area contributed by atoms with E-state index in [1.165, 1.54) is 6.08 Å². The van der Waals surface area contributed by atoms with Crippen LogP contribution in [-0.4, -0.2) is 43.0 Å². The fraction of sp³-hybridized carbons (Fsp3) is 0.524. The summed E-state index contributed by atoms with van der Waals surface area (Å²) >= 11 is 0. The Morgan fingerprint density at radius 3 is 2.81 bits per heavy atom. The lowest BCUT2D eigenvalue weighted by Crippen LogP contribution is -2.46. The molecule has 5 nitrogen and oxygen atoms in total. The molecule has 0 spiro atoms. The Bertz CT molecular complexity index is 678. The van der Waals surface area contributed by atoms with Gasteiger partial charge >= 0.3 is 0 Å². The molecular formula is C21H28N2O3. The molecule has 5 heteroatoms. The Labute approximate surface area is 155 Å². The minimum absolute atomic E-state index is 0.0424. The number of amides is 2. The SMILES string of the molecule is C=CC(=O)NCC1(C)CCN(C(=O)CC2CCOc3ccccc32)CC1. The Hall–Kier alpha value is -2.30. The number of nitrogens with zero attached hydrogens (tertiary/aromatic N) is 1. The van der Waals surface area contributed by atoms with Crippen molar-refractivity contribution in [2.75, 3.05) is 26.2 Å². The second-order valence-electron chi connectivity index (χ2n) is 7.69. The molecule has 1 N–H and O–H groups in total. The van der Waals surface area contributed by atoms with E-state index in [1.54, 1.807) is 0 Å². The molecule has 2 aliphatic rings. The smallest absolute Gasteiger partial charge is 0.243 e. The topological polar surface area (TPSA) is 58.6 Å². The van der Waals surface area contributed by atoms with Crippen LogP contribution >= 0.6 is 0 Å². The molecule has 1 atom stereocenters. The molecule has 1 fully saturated rings. The number of carbonyl (C=O) groups excluding carboxylic acids is 2. The maximum atomic E-state index is 12.8. The van der Waals surface area contributed by atoms with E-state index < -0.39 is 0 Å². The van der Waals surface area contributed by atoms with Crippen molar-refractivity contribution < 1.29 is 14.3 Å². The average molecular weight is 356 g/mol. The van der Waals surface area contributed by atoms with E-state index in [1.807, 2.05) is 23.1 Å². The van der Waals surface area contributed by atoms with Crippen LogP contribution in [0.25, 0.3) is 0 Å². The standard InChI is InChI=1S/C21H28N2O3/c1-3-19(24)22-15-21(2)9-11-23(12-10-21)20(25)14-16-8-13-26-18-7-5-4-6-17(16)18/h3-7,16H,1,8-15H2,2H3,(H,22,24). The summed E-state index contributed by atoms with van der Waals surface area (Å²) in [6, 6.07) is 8.03. The molecule has 0 saturated carbocycles. The van der Waals surface area contributed by atoms with Crippen LogP contribution in [0.5, 0.6) is 5.75 Å². The number of carbonyl (C=O) groups is 2. The van der Waals surface area contributed by atoms with Gasteiger partial charge in [0.05, 0.1) is 6.61 Å². The van der Waals surface area contributed by atoms with Crippen LogP contribution in [0.2, 0.25) is 0 Å². The second kappa shape index (κ2) is 7.94. The number of piperidine rings is 1. The van der Waals surface area contributed by atoms with Crippen LogP contribution in [0.15, 0.2) is 36.9 Å². The number of nitrogens with one attached hydrogen (secondary N) is 1. The van der Waals surface area contributed by atoms with Crippen molar-refractivity contribution in [2.24, 2.45) is 5.41 Å². The average Bonchev–Trinajstić information content (AvgIpc) is 2.67. The highest BCUT2D eigenvalue weighted by molar-refractivity contribution is 5.86. The lowest BCUT2D eigenvalue weighted by atomic mass is 9.80. The van der Waals surface area contributed by atoms with Gasteiger partial charge in [0.25, 0.3) is 0 Å². The largest absolute Gasteiger partial charge is 0.493 e. The van der Waals surface area contributed by atoms with Gasteiger partial charge in [0.1, 0.15) is 5.75 Å². The monoisotopic (exact) mass is 356 g/mol. The maximum Gasteiger partial charge on any atom is 0.243 e. The molecule has 2 aliphatic heterocycles. The lowest BCUT2D eigenvalue weighted by Gasteiger charge is -2.40. The highest BCUT2D eigenvalue weighted by Gasteiger charge is 2.33. The Morgan fingerprint density at radius 1 is 1.35 bits per heavy atom. The minimum Gasteiger partial charge on any atom is -0.493 e. The number of hydrogen-bond donors (Lipinski definition) is 1. The molecule has 2 heterocycles. The van der Waals surface area contributed by atoms with Gasteiger partial charge in [0, 0.05) is 26.1 Å². The first-order valence-corrected chi connectivity index (χ1v) is 9.40. The summed E-state index contributed by atoms with van der Waals surface area (Å²) in [4.78, 5) is 26.2. The van der Waals surface area contributed by atoms with E-state index in [9.17, 15) is 9.59 Å². The quantitative estimate of drug-likeness (QED) is 0.826. The van der Waals surface area contributed by atoms with Crippen LogP contribution in [0.4, 0.5) is 0 Å². The Kier molecular flexibility index (Phi) is 5.64. The van der Waals surface area contributed by atoms with E-state index in [-0.39, 0.29) is 23.1 Å². The van der Waals surface area contributed by atoms with E-state index in [0.29, 0.717) is 19.6 Å². The summed E-state index contributed by atoms with van der Waals surface area (Å²) in [6.45, 7) is 8.47. The first kappa shape index (κ1) is 18.5. The molecule has 1 saturated heterocycles. The molecule has 0 aliphatic carbocycles. The number of para-hydroxylation sites is 1. The third-order valence-corrected chi connectivity index (χ3v) is 5.70. The van der Waals surface area contributed by atoms with Crippen molar-refractivity contribution in [1.29, 1.82) is 0 Å². The highest BCUT2D eigenvalue weighted by atomic mass is 16.5. The fourth-order valence-corrected chi connectivity index (χ4v) is 3.81. The predicted molar refractivity (Wildman–Crippen MR) is 101 cm³/mol. The van der Waals surface area contributed by atoms with Crippen LogP contribution in [0, 0.1) is 5.41 Å². The number of ether oxygens (including phenoxy) is 1. The predicted octanol–water partition coefficient (Wildman–Crippen LogP) is 2.87. The highest BCUT2D eigenvalue weighted by Crippen LogP contribution is 2.37. The summed E-state index contributed by atoms with van der Waals surface area (Å²) in [5, 5.41) is 2.89. The van der Waals surface area contributed by atoms with Gasteiger partial charge in [-0.1, -0.05) is 31.7 Å². The van der Waals surface area contributed by atoms with Crippen molar-refractivity contribution in [3.05, 3.63) is 42.5 Å². The molecular weight excluding hydrogens is 328 g/mol. The lowest BCUT2D eigenvalue weighted by molar-refractivity contribution is -0.134. The molecule has 1 aromatic carbocycles. The summed E-state index contributed by atoms with van der Waals surface area (Å²) < 4.78 is 5.70. The van der Waals surface area contributed by atoms with Crippen LogP contribution in [0.3, 0.4) is 0 Å². The molecule has 1 unspecified atom stereocenters. The van der Waals surface area contributed by atoms with Crippen molar-refractivity contribution in [1.82, 2.24) is 10.2 Å². The van der Waals surface area contributed by atoms with Gasteiger partial charge in [-0.15, -0.1) is 0 Å². The van der Waals surface area contributed by atoms with Crippen LogP contribution in [-0.2, 0) is 9.59 Å². The molecule has 1 aromatic rings. The summed E-state index contributed by atoms with van der Waals surface area (Å²) in [5.74, 6) is 1.25. The number of hydrogen-bond acceptors (Lipinski definition) is 3. The zero-order chi connectivity index (χ0) is 18.6. The van der Waals surface area contributed by atoms with Crippen molar-refractivity contribution in [3.63, 3.8) is 0 Å². The van der Waals surface area contributed by atoms with Gasteiger partial charge in [0.2, 0.25) is 11.8 Å². The zero-order valence-corrected chi connectivity index (χ0v) is 15.5. The Morgan fingerprint density at radius 2 is 2.08 bits per heavy atom. The van der Waals surface area contributed by atoms with Gasteiger partial charge in [-0.3, -0.25) is 9.59 Å². The van der Waals surface area contributed by atoms with Crippen molar-refractivity contribution in [2.45, 2.75) is 38.5 Å². The van der Waals surface area contributed by atoms with E-state index in [4.69, 9.17) is 4.74 Å². The number of benzene rings is 1. The molecule has 140 valence electrons. The molecule has 0 bridgehead atoms. The van der Waals surface area contributed by atoms with Crippen LogP contribution < -0.4 is 10.1 Å². The van der Waals surface area contributed by atoms with E-state index in [0.717, 1.165) is 43.7 Å². The summed E-state index contributed by atoms with van der Waals surface area (Å²) in [6.07, 6.45) is 4.54. The first-order valence-electron chi connectivity index (χ1n) is 9.40. The first-order chi connectivity index (χ1) is 12.5. The van der Waals surface area contributed by atoms with Crippen LogP contribution in [0.1, 0.15) is 44.1 Å². The number of rotatable bonds is 5. The molecule has 26 heavy (non-hydrogen) atoms. The minimum atomic E-state index is -0.136. The number of likely N-dealkylation sites (tertiary alicyclic amines) is 1. The van der Waals surface area contributed by atoms with Gasteiger partial charge in [-0.25, -0.2) is 0 Å². The summed E-state index contributed by atoms with van der Waals surface area (Å²) in [7, 11) is 0. The van der Waals surface area contributed by atoms with Gasteiger partial charge in [-0.2, -0.15) is 0 Å². The fourth-order valence-electron chi connectivity index (χ4n) is 3.81. The third-order valence-electron chi connectivity index (χ3n) is 5.70. The van der Waals surface area contributed by atoms with Gasteiger partial charge in [-0.05, 0) is 48.3 Å². The Balaban J connectivity index is 1.53. The number of fused-ring (bicyclic) bond motifs is 1. The molecule has 2 amide bonds. The molecule has 0 radical (unpaired) electrons. The van der Waals surface area contributed by atoms with Crippen molar-refractivity contribution >= 4 is 11.8 Å². The second-order valence-corrected chi connectivity index (χ2v) is 7.69. The molecule has 0 aromatic heterocycles. The normalized spacial score (nSPS) is 21.3. The van der Waals surface area contributed by atoms with E-state index >= 15 is 0 Å². The zero-order valence-electron chi connectivity index (χ0n) is 15.5. The van der Waals surface area contributed by atoms with Gasteiger partial charge in [0.15, 0.2) is 0 Å². The van der Waals surface area contributed by atoms with E-state index in [2.05, 4.69) is 24.9 Å². The summed E-state index contributed by atoms with van der Waals surface area (Å²) in [5.41, 5.74) is 1.20. The molecule has 3 rings (SSSR count). The maximum absolute atomic E-state index is 12.8. The van der Waals surface area contributed by atoms with Crippen molar-refractivity contribution in [3.8, 4) is 5.75 Å².